The molecular weight excluding hydrogens is 266 g/mol. The number of hydrogen-bond acceptors (Lipinski definition) is 3. The van der Waals surface area contributed by atoms with Gasteiger partial charge in [0.1, 0.15) is 0 Å². The molecule has 1 aromatic carbocycles. The number of carbonyl (C=O) groups is 1. The highest BCUT2D eigenvalue weighted by Gasteiger charge is 2.30. The molecule has 5 nitrogen and oxygen atoms in total. The van der Waals surface area contributed by atoms with Crippen molar-refractivity contribution in [1.29, 1.82) is 0 Å². The van der Waals surface area contributed by atoms with Gasteiger partial charge in [0.15, 0.2) is 5.69 Å². The molecule has 3 rings (SSSR count). The van der Waals surface area contributed by atoms with Gasteiger partial charge in [-0.1, -0.05) is 42.0 Å². The molecule has 0 bridgehead atoms. The predicted octanol–water partition coefficient (Wildman–Crippen LogP) is 2.88. The lowest BCUT2D eigenvalue weighted by molar-refractivity contribution is 0.0687. The normalized spacial score (nSPS) is 14.9. The molecule has 110 valence electrons. The average molecular weight is 285 g/mol. The monoisotopic (exact) mass is 285 g/mol. The topological polar surface area (TPSA) is 68.0 Å². The Bertz CT molecular complexity index is 618. The fraction of sp³-hybridized carbons (Fsp3) is 0.438. The van der Waals surface area contributed by atoms with E-state index in [4.69, 9.17) is 0 Å². The molecule has 1 saturated carbocycles. The highest BCUT2D eigenvalue weighted by Crippen LogP contribution is 2.37. The molecule has 0 amide bonds. The average Bonchev–Trinajstić information content (AvgIpc) is 2.82. The van der Waals surface area contributed by atoms with Gasteiger partial charge in [-0.05, 0) is 31.2 Å². The van der Waals surface area contributed by atoms with Gasteiger partial charge in [-0.15, -0.1) is 5.10 Å². The standard InChI is InChI=1S/C16H19N3O2/c20-16(21)14-15(13-9-4-10-13)19(18-17-14)11-5-8-12-6-2-1-3-7-12/h1-3,6-7,13H,4-5,8-11H2,(H,20,21). The zero-order valence-electron chi connectivity index (χ0n) is 11.9. The molecule has 5 heteroatoms. The van der Waals surface area contributed by atoms with E-state index in [-0.39, 0.29) is 5.69 Å². The lowest BCUT2D eigenvalue weighted by atomic mass is 9.82. The maximum absolute atomic E-state index is 11.3. The van der Waals surface area contributed by atoms with E-state index in [1.165, 1.54) is 12.0 Å². The van der Waals surface area contributed by atoms with E-state index in [1.807, 2.05) is 18.2 Å². The van der Waals surface area contributed by atoms with E-state index in [2.05, 4.69) is 22.4 Å². The molecule has 0 saturated heterocycles. The third kappa shape index (κ3) is 2.96. The first kappa shape index (κ1) is 13.8. The highest BCUT2D eigenvalue weighted by atomic mass is 16.4. The van der Waals surface area contributed by atoms with Crippen molar-refractivity contribution in [3.8, 4) is 0 Å². The zero-order chi connectivity index (χ0) is 14.7. The summed E-state index contributed by atoms with van der Waals surface area (Å²) in [6, 6.07) is 10.3. The minimum Gasteiger partial charge on any atom is -0.476 e. The van der Waals surface area contributed by atoms with Gasteiger partial charge in [-0.25, -0.2) is 9.48 Å². The number of aromatic nitrogens is 3. The molecule has 2 aromatic rings. The Morgan fingerprint density at radius 1 is 1.29 bits per heavy atom. The molecular formula is C16H19N3O2. The van der Waals surface area contributed by atoms with Crippen molar-refractivity contribution in [2.24, 2.45) is 0 Å². The maximum Gasteiger partial charge on any atom is 0.358 e. The van der Waals surface area contributed by atoms with Crippen LogP contribution in [0.15, 0.2) is 30.3 Å². The van der Waals surface area contributed by atoms with E-state index in [9.17, 15) is 9.90 Å². The number of hydrogen-bond donors (Lipinski definition) is 1. The van der Waals surface area contributed by atoms with Crippen LogP contribution in [-0.2, 0) is 13.0 Å². The van der Waals surface area contributed by atoms with Crippen LogP contribution in [0.25, 0.3) is 0 Å². The van der Waals surface area contributed by atoms with Crippen LogP contribution in [0.1, 0.15) is 53.3 Å². The third-order valence-electron chi connectivity index (χ3n) is 4.15. The molecule has 0 atom stereocenters. The number of rotatable bonds is 6. The van der Waals surface area contributed by atoms with Crippen molar-refractivity contribution in [3.05, 3.63) is 47.3 Å². The fourth-order valence-corrected chi connectivity index (χ4v) is 2.80. The van der Waals surface area contributed by atoms with Crippen LogP contribution in [0.2, 0.25) is 0 Å². The molecule has 1 aliphatic rings. The second-order valence-electron chi connectivity index (χ2n) is 5.57. The lowest BCUT2D eigenvalue weighted by Crippen LogP contribution is -2.18. The Morgan fingerprint density at radius 2 is 2.05 bits per heavy atom. The van der Waals surface area contributed by atoms with Crippen LogP contribution in [0.4, 0.5) is 0 Å². The summed E-state index contributed by atoms with van der Waals surface area (Å²) in [6.07, 6.45) is 5.16. The van der Waals surface area contributed by atoms with Crippen molar-refractivity contribution in [2.45, 2.75) is 44.6 Å². The molecule has 0 radical (unpaired) electrons. The number of carboxylic acid groups (broad SMARTS) is 1. The number of aryl methyl sites for hydroxylation is 2. The minimum atomic E-state index is -0.966. The van der Waals surface area contributed by atoms with Crippen LogP contribution in [0.3, 0.4) is 0 Å². The largest absolute Gasteiger partial charge is 0.476 e. The second-order valence-corrected chi connectivity index (χ2v) is 5.57. The van der Waals surface area contributed by atoms with Crippen LogP contribution >= 0.6 is 0 Å². The number of aromatic carboxylic acids is 1. The quantitative estimate of drug-likeness (QED) is 0.886. The molecule has 21 heavy (non-hydrogen) atoms. The summed E-state index contributed by atoms with van der Waals surface area (Å²) in [7, 11) is 0. The van der Waals surface area contributed by atoms with Crippen LogP contribution in [0.5, 0.6) is 0 Å². The number of nitrogens with zero attached hydrogens (tertiary/aromatic N) is 3. The van der Waals surface area contributed by atoms with Gasteiger partial charge in [0.2, 0.25) is 0 Å². The molecule has 0 spiro atoms. The molecule has 1 fully saturated rings. The molecule has 1 aliphatic carbocycles. The Labute approximate surface area is 123 Å². The third-order valence-corrected chi connectivity index (χ3v) is 4.15. The fourth-order valence-electron chi connectivity index (χ4n) is 2.80. The summed E-state index contributed by atoms with van der Waals surface area (Å²) in [5, 5.41) is 17.2. The van der Waals surface area contributed by atoms with Gasteiger partial charge < -0.3 is 5.11 Å². The minimum absolute atomic E-state index is 0.138. The lowest BCUT2D eigenvalue weighted by Gasteiger charge is -2.26. The van der Waals surface area contributed by atoms with Gasteiger partial charge in [-0.2, -0.15) is 0 Å². The second kappa shape index (κ2) is 6.08. The first-order valence-electron chi connectivity index (χ1n) is 7.46. The van der Waals surface area contributed by atoms with E-state index >= 15 is 0 Å². The molecule has 1 N–H and O–H groups in total. The van der Waals surface area contributed by atoms with Crippen LogP contribution < -0.4 is 0 Å². The summed E-state index contributed by atoms with van der Waals surface area (Å²) in [5.41, 5.74) is 2.25. The maximum atomic E-state index is 11.3. The first-order chi connectivity index (χ1) is 10.3. The van der Waals surface area contributed by atoms with E-state index in [0.29, 0.717) is 5.92 Å². The Hall–Kier alpha value is -2.17. The Balaban J connectivity index is 1.69. The van der Waals surface area contributed by atoms with Crippen molar-refractivity contribution in [3.63, 3.8) is 0 Å². The molecule has 1 aromatic heterocycles. The summed E-state index contributed by atoms with van der Waals surface area (Å²) in [5.74, 6) is -0.644. The van der Waals surface area contributed by atoms with Crippen molar-refractivity contribution in [2.75, 3.05) is 0 Å². The SMILES string of the molecule is O=C(O)c1nnn(CCCc2ccccc2)c1C1CCC1. The Morgan fingerprint density at radius 3 is 2.67 bits per heavy atom. The van der Waals surface area contributed by atoms with Crippen LogP contribution in [-0.4, -0.2) is 26.1 Å². The number of carboxylic acids is 1. The van der Waals surface area contributed by atoms with Gasteiger partial charge in [0.05, 0.1) is 5.69 Å². The Kier molecular flexibility index (Phi) is 3.99. The highest BCUT2D eigenvalue weighted by molar-refractivity contribution is 5.86. The number of benzene rings is 1. The van der Waals surface area contributed by atoms with E-state index < -0.39 is 5.97 Å². The first-order valence-corrected chi connectivity index (χ1v) is 7.46. The van der Waals surface area contributed by atoms with Crippen molar-refractivity contribution in [1.82, 2.24) is 15.0 Å². The summed E-state index contributed by atoms with van der Waals surface area (Å²) < 4.78 is 1.80. The van der Waals surface area contributed by atoms with E-state index in [0.717, 1.165) is 37.9 Å². The van der Waals surface area contributed by atoms with Gasteiger partial charge in [0.25, 0.3) is 0 Å². The van der Waals surface area contributed by atoms with Crippen molar-refractivity contribution < 1.29 is 9.90 Å². The van der Waals surface area contributed by atoms with E-state index in [1.54, 1.807) is 4.68 Å². The zero-order valence-corrected chi connectivity index (χ0v) is 11.9. The summed E-state index contributed by atoms with van der Waals surface area (Å²) in [6.45, 7) is 0.723. The van der Waals surface area contributed by atoms with Crippen molar-refractivity contribution >= 4 is 5.97 Å². The molecule has 0 unspecified atom stereocenters. The van der Waals surface area contributed by atoms with Gasteiger partial charge >= 0.3 is 5.97 Å². The predicted molar refractivity (Wildman–Crippen MR) is 78.3 cm³/mol. The summed E-state index contributed by atoms with van der Waals surface area (Å²) >= 11 is 0. The smallest absolute Gasteiger partial charge is 0.358 e. The summed E-state index contributed by atoms with van der Waals surface area (Å²) in [4.78, 5) is 11.3. The molecule has 0 aliphatic heterocycles. The van der Waals surface area contributed by atoms with Gasteiger partial charge in [0, 0.05) is 12.5 Å². The van der Waals surface area contributed by atoms with Gasteiger partial charge in [-0.3, -0.25) is 0 Å². The molecule has 1 heterocycles. The van der Waals surface area contributed by atoms with Crippen LogP contribution in [0, 0.1) is 0 Å².